The maximum Gasteiger partial charge on any atom is 0.293 e. The van der Waals surface area contributed by atoms with Gasteiger partial charge in [-0.3, -0.25) is 14.5 Å². The van der Waals surface area contributed by atoms with Crippen LogP contribution in [0.3, 0.4) is 0 Å². The predicted molar refractivity (Wildman–Crippen MR) is 110 cm³/mol. The van der Waals surface area contributed by atoms with Crippen LogP contribution >= 0.6 is 11.8 Å². The Morgan fingerprint density at radius 2 is 1.70 bits per heavy atom. The lowest BCUT2D eigenvalue weighted by Crippen LogP contribution is -2.27. The van der Waals surface area contributed by atoms with Crippen molar-refractivity contribution < 1.29 is 9.59 Å². The summed E-state index contributed by atoms with van der Waals surface area (Å²) in [6.07, 6.45) is 3.90. The van der Waals surface area contributed by atoms with Gasteiger partial charge >= 0.3 is 0 Å². The van der Waals surface area contributed by atoms with Crippen LogP contribution in [0.5, 0.6) is 0 Å². The van der Waals surface area contributed by atoms with Crippen molar-refractivity contribution in [2.45, 2.75) is 26.4 Å². The van der Waals surface area contributed by atoms with E-state index in [1.807, 2.05) is 54.6 Å². The number of amides is 2. The van der Waals surface area contributed by atoms with Gasteiger partial charge in [0.2, 0.25) is 0 Å². The van der Waals surface area contributed by atoms with Gasteiger partial charge in [0.15, 0.2) is 0 Å². The summed E-state index contributed by atoms with van der Waals surface area (Å²) in [5.41, 5.74) is 3.03. The summed E-state index contributed by atoms with van der Waals surface area (Å²) in [5, 5.41) is 0.865. The van der Waals surface area contributed by atoms with E-state index < -0.39 is 0 Å². The molecule has 27 heavy (non-hydrogen) atoms. The molecule has 0 bridgehead atoms. The Bertz CT molecular complexity index is 1050. The SMILES string of the molecule is CC(C)n1cc(/C=C2\SC(=O)N(Cc3ccccc3)C2=O)c2ccccc21. The van der Waals surface area contributed by atoms with Gasteiger partial charge < -0.3 is 4.57 Å². The molecule has 1 saturated heterocycles. The van der Waals surface area contributed by atoms with Gasteiger partial charge in [0.05, 0.1) is 11.4 Å². The fourth-order valence-corrected chi connectivity index (χ4v) is 4.15. The minimum Gasteiger partial charge on any atom is -0.344 e. The molecule has 2 amide bonds. The molecule has 0 N–H and O–H groups in total. The van der Waals surface area contributed by atoms with E-state index in [4.69, 9.17) is 0 Å². The first-order chi connectivity index (χ1) is 13.0. The summed E-state index contributed by atoms with van der Waals surface area (Å²) in [6.45, 7) is 4.56. The topological polar surface area (TPSA) is 42.3 Å². The lowest BCUT2D eigenvalue weighted by molar-refractivity contribution is -0.123. The van der Waals surface area contributed by atoms with Crippen LogP contribution in [0.4, 0.5) is 4.79 Å². The molecule has 0 spiro atoms. The molecule has 0 aliphatic carbocycles. The van der Waals surface area contributed by atoms with Crippen LogP contribution in [0.1, 0.15) is 31.0 Å². The molecule has 0 atom stereocenters. The number of nitrogens with zero attached hydrogens (tertiary/aromatic N) is 2. The molecule has 1 aliphatic rings. The van der Waals surface area contributed by atoms with Crippen molar-refractivity contribution in [3.05, 3.63) is 76.8 Å². The number of fused-ring (bicyclic) bond motifs is 1. The highest BCUT2D eigenvalue weighted by molar-refractivity contribution is 8.18. The molecule has 1 fully saturated rings. The monoisotopic (exact) mass is 376 g/mol. The molecule has 136 valence electrons. The number of imide groups is 1. The van der Waals surface area contributed by atoms with Crippen molar-refractivity contribution in [3.8, 4) is 0 Å². The summed E-state index contributed by atoms with van der Waals surface area (Å²) < 4.78 is 2.19. The van der Waals surface area contributed by atoms with Crippen LogP contribution in [-0.4, -0.2) is 20.6 Å². The van der Waals surface area contributed by atoms with E-state index in [1.54, 1.807) is 0 Å². The largest absolute Gasteiger partial charge is 0.344 e. The Hall–Kier alpha value is -2.79. The normalized spacial score (nSPS) is 16.3. The molecular weight excluding hydrogens is 356 g/mol. The van der Waals surface area contributed by atoms with Gasteiger partial charge in [-0.1, -0.05) is 48.5 Å². The number of para-hydroxylation sites is 1. The van der Waals surface area contributed by atoms with Crippen molar-refractivity contribution in [3.63, 3.8) is 0 Å². The molecule has 5 heteroatoms. The Labute approximate surface area is 162 Å². The van der Waals surface area contributed by atoms with Gasteiger partial charge in [-0.2, -0.15) is 0 Å². The first kappa shape index (κ1) is 17.6. The summed E-state index contributed by atoms with van der Waals surface area (Å²) in [7, 11) is 0. The Kier molecular flexibility index (Phi) is 4.62. The molecule has 2 aromatic carbocycles. The summed E-state index contributed by atoms with van der Waals surface area (Å²) >= 11 is 1.01. The van der Waals surface area contributed by atoms with Crippen LogP contribution in [0.2, 0.25) is 0 Å². The van der Waals surface area contributed by atoms with E-state index >= 15 is 0 Å². The number of hydrogen-bond donors (Lipinski definition) is 0. The van der Waals surface area contributed by atoms with Crippen LogP contribution in [0.25, 0.3) is 17.0 Å². The molecule has 4 rings (SSSR count). The minimum atomic E-state index is -0.227. The Balaban J connectivity index is 1.68. The second-order valence-electron chi connectivity index (χ2n) is 6.86. The second kappa shape index (κ2) is 7.08. The molecular formula is C22H20N2O2S. The molecule has 0 saturated carbocycles. The van der Waals surface area contributed by atoms with Gasteiger partial charge in [-0.25, -0.2) is 0 Å². The van der Waals surface area contributed by atoms with Crippen LogP contribution in [0.15, 0.2) is 65.7 Å². The first-order valence-corrected chi connectivity index (χ1v) is 9.75. The van der Waals surface area contributed by atoms with Crippen molar-refractivity contribution in [1.29, 1.82) is 0 Å². The third-order valence-corrected chi connectivity index (χ3v) is 5.58. The summed E-state index contributed by atoms with van der Waals surface area (Å²) in [4.78, 5) is 27.0. The lowest BCUT2D eigenvalue weighted by atomic mass is 10.1. The molecule has 2 heterocycles. The number of hydrogen-bond acceptors (Lipinski definition) is 3. The molecule has 1 aromatic heterocycles. The van der Waals surface area contributed by atoms with Gasteiger partial charge in [0, 0.05) is 28.7 Å². The number of thioether (sulfide) groups is 1. The zero-order chi connectivity index (χ0) is 19.0. The summed E-state index contributed by atoms with van der Waals surface area (Å²) in [6, 6.07) is 18.0. The zero-order valence-corrected chi connectivity index (χ0v) is 16.1. The predicted octanol–water partition coefficient (Wildman–Crippen LogP) is 5.46. The zero-order valence-electron chi connectivity index (χ0n) is 15.3. The quantitative estimate of drug-likeness (QED) is 0.568. The third kappa shape index (κ3) is 3.30. The van der Waals surface area contributed by atoms with Gasteiger partial charge in [-0.15, -0.1) is 0 Å². The third-order valence-electron chi connectivity index (χ3n) is 4.67. The van der Waals surface area contributed by atoms with E-state index in [1.165, 1.54) is 4.90 Å². The van der Waals surface area contributed by atoms with E-state index in [-0.39, 0.29) is 11.1 Å². The van der Waals surface area contributed by atoms with Crippen molar-refractivity contribution in [1.82, 2.24) is 9.47 Å². The number of carbonyl (C=O) groups is 2. The highest BCUT2D eigenvalue weighted by Gasteiger charge is 2.35. The summed E-state index contributed by atoms with van der Waals surface area (Å²) in [5.74, 6) is -0.227. The smallest absolute Gasteiger partial charge is 0.293 e. The standard InChI is InChI=1S/C22H20N2O2S/c1-15(2)23-14-17(18-10-6-7-11-19(18)23)12-20-21(25)24(22(26)27-20)13-16-8-4-3-5-9-16/h3-12,14-15H,13H2,1-2H3/b20-12-. The van der Waals surface area contributed by atoms with Gasteiger partial charge in [0.25, 0.3) is 11.1 Å². The fourth-order valence-electron chi connectivity index (χ4n) is 3.32. The average Bonchev–Trinajstić information content (AvgIpc) is 3.16. The number of carbonyl (C=O) groups excluding carboxylic acids is 2. The van der Waals surface area contributed by atoms with Gasteiger partial charge in [0.1, 0.15) is 0 Å². The number of rotatable bonds is 4. The van der Waals surface area contributed by atoms with E-state index in [0.29, 0.717) is 17.5 Å². The fraction of sp³-hybridized carbons (Fsp3) is 0.182. The molecule has 4 nitrogen and oxygen atoms in total. The second-order valence-corrected chi connectivity index (χ2v) is 7.85. The number of benzene rings is 2. The maximum atomic E-state index is 12.8. The van der Waals surface area contributed by atoms with Crippen LogP contribution < -0.4 is 0 Å². The van der Waals surface area contributed by atoms with Crippen LogP contribution in [0, 0.1) is 0 Å². The Morgan fingerprint density at radius 3 is 2.44 bits per heavy atom. The Morgan fingerprint density at radius 1 is 1.00 bits per heavy atom. The van der Waals surface area contributed by atoms with E-state index in [0.717, 1.165) is 33.8 Å². The highest BCUT2D eigenvalue weighted by atomic mass is 32.2. The molecule has 3 aromatic rings. The van der Waals surface area contributed by atoms with Crippen molar-refractivity contribution >= 4 is 39.9 Å². The van der Waals surface area contributed by atoms with Crippen molar-refractivity contribution in [2.24, 2.45) is 0 Å². The molecule has 0 radical (unpaired) electrons. The minimum absolute atomic E-state index is 0.220. The first-order valence-electron chi connectivity index (χ1n) is 8.93. The molecule has 1 aliphatic heterocycles. The highest BCUT2D eigenvalue weighted by Crippen LogP contribution is 2.35. The lowest BCUT2D eigenvalue weighted by Gasteiger charge is -2.12. The van der Waals surface area contributed by atoms with Gasteiger partial charge in [-0.05, 0) is 43.3 Å². The van der Waals surface area contributed by atoms with E-state index in [2.05, 4.69) is 30.7 Å². The van der Waals surface area contributed by atoms with Crippen LogP contribution in [-0.2, 0) is 11.3 Å². The average molecular weight is 376 g/mol. The number of aromatic nitrogens is 1. The molecule has 0 unspecified atom stereocenters. The van der Waals surface area contributed by atoms with E-state index in [9.17, 15) is 9.59 Å². The van der Waals surface area contributed by atoms with Crippen molar-refractivity contribution in [2.75, 3.05) is 0 Å². The maximum absolute atomic E-state index is 12.8.